The number of benzene rings is 2. The number of piperidine rings is 3. The minimum Gasteiger partial charge on any atom is -0.397 e. The Kier molecular flexibility index (Phi) is 15.9. The van der Waals surface area contributed by atoms with E-state index in [1.165, 1.54) is 19.3 Å². The predicted octanol–water partition coefficient (Wildman–Crippen LogP) is 4.44. The standard InChI is InChI=1S/C39H57Br2N9O4/c1-44-36(51)29-9-3-4-10-32(29)45-27-12-19-50(20-13-27)39(54)47-34(25-26-23-30(40)35(43)31(41)24-26)37(52)46-33(11-5-6-16-42)38(53)49-21-14-28(15-22-49)48-17-7-2-8-18-48/h3-4,9-10,23-24,27-28,33-34,45H,2,5-8,11-22,25,42-43H2,1H3,(H,44,51)(H,46,52)(H,47,54)/t33-,34+/m0/s1. The number of likely N-dealkylation sites (tertiary alicyclic amines) is 3. The number of unbranched alkanes of at least 4 members (excludes halogenated alkanes) is 1. The van der Waals surface area contributed by atoms with E-state index < -0.39 is 18.0 Å². The number of carbonyl (C=O) groups excluding carboxylic acids is 4. The summed E-state index contributed by atoms with van der Waals surface area (Å²) in [6.07, 6.45) is 9.05. The van der Waals surface area contributed by atoms with Crippen LogP contribution in [0.3, 0.4) is 0 Å². The van der Waals surface area contributed by atoms with E-state index in [2.05, 4.69) is 58.0 Å². The molecule has 54 heavy (non-hydrogen) atoms. The second kappa shape index (κ2) is 20.5. The lowest BCUT2D eigenvalue weighted by Gasteiger charge is -2.41. The molecule has 0 saturated carbocycles. The summed E-state index contributed by atoms with van der Waals surface area (Å²) in [6.45, 7) is 5.03. The number of hydrogen-bond donors (Lipinski definition) is 6. The molecule has 3 heterocycles. The molecule has 296 valence electrons. The van der Waals surface area contributed by atoms with Crippen LogP contribution in [0.15, 0.2) is 45.3 Å². The molecule has 2 atom stereocenters. The highest BCUT2D eigenvalue weighted by Gasteiger charge is 2.34. The van der Waals surface area contributed by atoms with Gasteiger partial charge in [-0.05, 0) is 139 Å². The van der Waals surface area contributed by atoms with Gasteiger partial charge in [0.05, 0.1) is 11.3 Å². The number of carbonyl (C=O) groups is 4. The van der Waals surface area contributed by atoms with Crippen LogP contribution in [0.25, 0.3) is 0 Å². The Hall–Kier alpha value is -3.40. The third kappa shape index (κ3) is 11.3. The molecule has 0 radical (unpaired) electrons. The van der Waals surface area contributed by atoms with Crippen LogP contribution in [0.2, 0.25) is 0 Å². The Morgan fingerprint density at radius 1 is 0.833 bits per heavy atom. The summed E-state index contributed by atoms with van der Waals surface area (Å²) in [7, 11) is 1.61. The Bertz CT molecular complexity index is 1570. The lowest BCUT2D eigenvalue weighted by atomic mass is 9.98. The molecular formula is C39H57Br2N9O4. The number of para-hydroxylation sites is 1. The first kappa shape index (κ1) is 41.8. The molecule has 15 heteroatoms. The number of amides is 5. The average molecular weight is 876 g/mol. The number of hydrogen-bond acceptors (Lipinski definition) is 8. The number of urea groups is 1. The highest BCUT2D eigenvalue weighted by Crippen LogP contribution is 2.30. The normalized spacial score (nSPS) is 18.4. The van der Waals surface area contributed by atoms with Gasteiger partial charge in [-0.15, -0.1) is 0 Å². The number of nitrogen functional groups attached to an aromatic ring is 1. The van der Waals surface area contributed by atoms with Crippen LogP contribution in [-0.4, -0.2) is 115 Å². The van der Waals surface area contributed by atoms with E-state index >= 15 is 0 Å². The molecule has 5 amide bonds. The number of nitrogens with two attached hydrogens (primary N) is 2. The van der Waals surface area contributed by atoms with Gasteiger partial charge in [0.15, 0.2) is 0 Å². The predicted molar refractivity (Wildman–Crippen MR) is 220 cm³/mol. The van der Waals surface area contributed by atoms with E-state index in [1.54, 1.807) is 18.0 Å². The highest BCUT2D eigenvalue weighted by molar-refractivity contribution is 9.11. The zero-order valence-corrected chi connectivity index (χ0v) is 34.6. The van der Waals surface area contributed by atoms with Crippen LogP contribution in [0.4, 0.5) is 16.2 Å². The summed E-state index contributed by atoms with van der Waals surface area (Å²) in [5.74, 6) is -0.655. The van der Waals surface area contributed by atoms with Gasteiger partial charge >= 0.3 is 6.03 Å². The minimum atomic E-state index is -0.954. The van der Waals surface area contributed by atoms with Gasteiger partial charge in [0, 0.05) is 66.4 Å². The summed E-state index contributed by atoms with van der Waals surface area (Å²) in [5.41, 5.74) is 14.6. The maximum atomic E-state index is 14.2. The van der Waals surface area contributed by atoms with Crippen LogP contribution in [-0.2, 0) is 16.0 Å². The zero-order valence-electron chi connectivity index (χ0n) is 31.4. The lowest BCUT2D eigenvalue weighted by molar-refractivity contribution is -0.138. The average Bonchev–Trinajstić information content (AvgIpc) is 3.19. The SMILES string of the molecule is CNC(=O)c1ccccc1NC1CCN(C(=O)N[C@H](Cc2cc(Br)c(N)c(Br)c2)C(=O)N[C@@H](CCCCN)C(=O)N2CCC(N3CCCCC3)CC2)CC1. The third-order valence-corrected chi connectivity index (χ3v) is 12.3. The third-order valence-electron chi connectivity index (χ3n) is 11.0. The quantitative estimate of drug-likeness (QED) is 0.119. The van der Waals surface area contributed by atoms with Gasteiger partial charge in [-0.25, -0.2) is 4.79 Å². The molecule has 0 bridgehead atoms. The smallest absolute Gasteiger partial charge is 0.318 e. The summed E-state index contributed by atoms with van der Waals surface area (Å²) in [5, 5.41) is 12.2. The van der Waals surface area contributed by atoms with Crippen molar-refractivity contribution in [2.24, 2.45) is 5.73 Å². The molecule has 13 nitrogen and oxygen atoms in total. The van der Waals surface area contributed by atoms with Crippen LogP contribution < -0.4 is 32.7 Å². The second-order valence-electron chi connectivity index (χ2n) is 14.7. The van der Waals surface area contributed by atoms with Crippen molar-refractivity contribution < 1.29 is 19.2 Å². The lowest BCUT2D eigenvalue weighted by Crippen LogP contribution is -2.58. The largest absolute Gasteiger partial charge is 0.397 e. The molecule has 3 aliphatic rings. The summed E-state index contributed by atoms with van der Waals surface area (Å²) in [4.78, 5) is 60.7. The van der Waals surface area contributed by atoms with Crippen molar-refractivity contribution in [1.82, 2.24) is 30.7 Å². The van der Waals surface area contributed by atoms with E-state index in [-0.39, 0.29) is 30.3 Å². The van der Waals surface area contributed by atoms with Crippen LogP contribution in [0, 0.1) is 0 Å². The second-order valence-corrected chi connectivity index (χ2v) is 16.4. The van der Waals surface area contributed by atoms with Crippen LogP contribution in [0.1, 0.15) is 80.1 Å². The Labute approximate surface area is 336 Å². The highest BCUT2D eigenvalue weighted by atomic mass is 79.9. The zero-order chi connectivity index (χ0) is 38.6. The fourth-order valence-corrected chi connectivity index (χ4v) is 9.09. The van der Waals surface area contributed by atoms with Gasteiger partial charge in [0.1, 0.15) is 12.1 Å². The first-order valence-electron chi connectivity index (χ1n) is 19.5. The maximum absolute atomic E-state index is 14.2. The Morgan fingerprint density at radius 3 is 2.13 bits per heavy atom. The first-order valence-corrected chi connectivity index (χ1v) is 21.1. The topological polar surface area (TPSA) is 178 Å². The van der Waals surface area contributed by atoms with Crippen molar-refractivity contribution in [2.45, 2.75) is 94.8 Å². The fraction of sp³-hybridized carbons (Fsp3) is 0.590. The minimum absolute atomic E-state index is 0.0636. The molecule has 0 spiro atoms. The van der Waals surface area contributed by atoms with Gasteiger partial charge < -0.3 is 47.4 Å². The molecule has 3 fully saturated rings. The number of anilines is 2. The van der Waals surface area contributed by atoms with E-state index in [4.69, 9.17) is 11.5 Å². The van der Waals surface area contributed by atoms with Crippen molar-refractivity contribution in [1.29, 1.82) is 0 Å². The van der Waals surface area contributed by atoms with E-state index in [0.29, 0.717) is 84.6 Å². The molecule has 8 N–H and O–H groups in total. The number of halogens is 2. The molecule has 0 aliphatic carbocycles. The van der Waals surface area contributed by atoms with Gasteiger partial charge in [0.25, 0.3) is 5.91 Å². The molecular weight excluding hydrogens is 818 g/mol. The molecule has 3 saturated heterocycles. The van der Waals surface area contributed by atoms with Crippen molar-refractivity contribution in [3.8, 4) is 0 Å². The van der Waals surface area contributed by atoms with Gasteiger partial charge in [0.2, 0.25) is 11.8 Å². The molecule has 5 rings (SSSR count). The summed E-state index contributed by atoms with van der Waals surface area (Å²) < 4.78 is 1.35. The fourth-order valence-electron chi connectivity index (χ4n) is 7.81. The Morgan fingerprint density at radius 2 is 1.48 bits per heavy atom. The van der Waals surface area contributed by atoms with E-state index in [9.17, 15) is 19.2 Å². The van der Waals surface area contributed by atoms with E-state index in [0.717, 1.165) is 43.6 Å². The summed E-state index contributed by atoms with van der Waals surface area (Å²) >= 11 is 7.02. The van der Waals surface area contributed by atoms with Crippen LogP contribution >= 0.6 is 31.9 Å². The Balaban J connectivity index is 1.25. The molecule has 2 aromatic rings. The molecule has 3 aliphatic heterocycles. The van der Waals surface area contributed by atoms with Gasteiger partial charge in [-0.3, -0.25) is 14.4 Å². The van der Waals surface area contributed by atoms with Crippen molar-refractivity contribution in [3.63, 3.8) is 0 Å². The van der Waals surface area contributed by atoms with Gasteiger partial charge in [-0.2, -0.15) is 0 Å². The number of rotatable bonds is 14. The molecule has 0 unspecified atom stereocenters. The maximum Gasteiger partial charge on any atom is 0.318 e. The summed E-state index contributed by atoms with van der Waals surface area (Å²) in [6, 6.07) is 9.60. The number of nitrogens with one attached hydrogen (secondary N) is 4. The van der Waals surface area contributed by atoms with Crippen molar-refractivity contribution in [2.75, 3.05) is 63.9 Å². The molecule has 0 aromatic heterocycles. The first-order chi connectivity index (χ1) is 26.1. The van der Waals surface area contributed by atoms with Gasteiger partial charge in [-0.1, -0.05) is 18.6 Å². The number of nitrogens with zero attached hydrogens (tertiary/aromatic N) is 3. The van der Waals surface area contributed by atoms with Crippen LogP contribution in [0.5, 0.6) is 0 Å². The van der Waals surface area contributed by atoms with E-state index in [1.807, 2.05) is 35.2 Å². The molecule has 2 aromatic carbocycles. The monoisotopic (exact) mass is 873 g/mol. The van der Waals surface area contributed by atoms with Crippen molar-refractivity contribution in [3.05, 3.63) is 56.5 Å². The van der Waals surface area contributed by atoms with Crippen molar-refractivity contribution >= 4 is 67.0 Å².